The quantitative estimate of drug-likeness (QED) is 0.612. The summed E-state index contributed by atoms with van der Waals surface area (Å²) in [6, 6.07) is 2.26. The number of sulfonamides is 1. The molecular weight excluding hydrogens is 289 g/mol. The van der Waals surface area contributed by atoms with Gasteiger partial charge in [0.1, 0.15) is 10.7 Å². The molecule has 1 aliphatic carbocycles. The zero-order valence-corrected chi connectivity index (χ0v) is 11.1. The van der Waals surface area contributed by atoms with E-state index in [1.807, 2.05) is 0 Å². The number of hydrogen-bond acceptors (Lipinski definition) is 5. The second-order valence-electron chi connectivity index (χ2n) is 5.00. The summed E-state index contributed by atoms with van der Waals surface area (Å²) in [5.41, 5.74) is -0.454. The van der Waals surface area contributed by atoms with E-state index >= 15 is 0 Å². The summed E-state index contributed by atoms with van der Waals surface area (Å²) in [5, 5.41) is 13.8. The second kappa shape index (κ2) is 4.47. The Hall–Kier alpha value is -1.58. The molecule has 1 aromatic carbocycles. The van der Waals surface area contributed by atoms with Crippen LogP contribution in [0.4, 0.5) is 10.1 Å². The summed E-state index contributed by atoms with van der Waals surface area (Å²) < 4.78 is 40.3. The smallest absolute Gasteiger partial charge is 0.270 e. The lowest BCUT2D eigenvalue weighted by Crippen LogP contribution is -2.33. The highest BCUT2D eigenvalue weighted by Gasteiger charge is 2.54. The van der Waals surface area contributed by atoms with Crippen LogP contribution in [0.5, 0.6) is 0 Å². The molecule has 7 nitrogen and oxygen atoms in total. The monoisotopic (exact) mass is 301 g/mol. The zero-order chi connectivity index (χ0) is 14.5. The van der Waals surface area contributed by atoms with Crippen LogP contribution in [-0.4, -0.2) is 32.5 Å². The van der Waals surface area contributed by atoms with Gasteiger partial charge in [0.15, 0.2) is 0 Å². The number of non-ortho nitro benzene ring substituents is 1. The summed E-state index contributed by atoms with van der Waals surface area (Å²) in [5.74, 6) is -0.537. The van der Waals surface area contributed by atoms with Crippen LogP contribution >= 0.6 is 0 Å². The maximum absolute atomic E-state index is 13.6. The molecule has 1 saturated carbocycles. The minimum Gasteiger partial charge on any atom is -0.316 e. The second-order valence-corrected chi connectivity index (χ2v) is 6.69. The van der Waals surface area contributed by atoms with Gasteiger partial charge in [-0.15, -0.1) is 0 Å². The number of nitrogens with zero attached hydrogens (tertiary/aromatic N) is 1. The molecular formula is C11H12FN3O4S. The van der Waals surface area contributed by atoms with Crippen LogP contribution in [0.1, 0.15) is 0 Å². The van der Waals surface area contributed by atoms with Crippen molar-refractivity contribution < 1.29 is 17.7 Å². The fourth-order valence-electron chi connectivity index (χ4n) is 2.65. The molecule has 2 atom stereocenters. The SMILES string of the molecule is O=[N+]([O-])c1ccc(F)c(S(=O)(=O)NC2C3CNCC32)c1. The van der Waals surface area contributed by atoms with Crippen LogP contribution in [0.25, 0.3) is 0 Å². The van der Waals surface area contributed by atoms with E-state index in [9.17, 15) is 22.9 Å². The molecule has 1 aromatic rings. The van der Waals surface area contributed by atoms with Gasteiger partial charge in [-0.2, -0.15) is 0 Å². The van der Waals surface area contributed by atoms with Gasteiger partial charge in [-0.3, -0.25) is 10.1 Å². The fourth-order valence-corrected chi connectivity index (χ4v) is 4.08. The molecule has 20 heavy (non-hydrogen) atoms. The largest absolute Gasteiger partial charge is 0.316 e. The van der Waals surface area contributed by atoms with Gasteiger partial charge in [0.2, 0.25) is 10.0 Å². The molecule has 0 amide bonds. The van der Waals surface area contributed by atoms with Crippen LogP contribution in [0.15, 0.2) is 23.1 Å². The molecule has 0 spiro atoms. The maximum atomic E-state index is 13.6. The van der Waals surface area contributed by atoms with E-state index < -0.39 is 31.3 Å². The van der Waals surface area contributed by atoms with Crippen molar-refractivity contribution in [3.05, 3.63) is 34.1 Å². The number of piperidine rings is 1. The number of halogens is 1. The third-order valence-electron chi connectivity index (χ3n) is 3.80. The van der Waals surface area contributed by atoms with Crippen LogP contribution in [0.2, 0.25) is 0 Å². The van der Waals surface area contributed by atoms with Crippen molar-refractivity contribution in [3.63, 3.8) is 0 Å². The number of fused-ring (bicyclic) bond motifs is 1. The molecule has 0 bridgehead atoms. The first kappa shape index (κ1) is 13.4. The van der Waals surface area contributed by atoms with Gasteiger partial charge in [0, 0.05) is 18.2 Å². The molecule has 9 heteroatoms. The molecule has 2 unspecified atom stereocenters. The lowest BCUT2D eigenvalue weighted by molar-refractivity contribution is -0.385. The van der Waals surface area contributed by atoms with Gasteiger partial charge in [-0.25, -0.2) is 17.5 Å². The summed E-state index contributed by atoms with van der Waals surface area (Å²) in [6.07, 6.45) is 0. The van der Waals surface area contributed by atoms with Crippen molar-refractivity contribution in [2.24, 2.45) is 11.8 Å². The van der Waals surface area contributed by atoms with Crippen LogP contribution in [0, 0.1) is 27.8 Å². The minimum absolute atomic E-state index is 0.208. The molecule has 1 heterocycles. The summed E-state index contributed by atoms with van der Waals surface area (Å²) in [6.45, 7) is 1.46. The molecule has 2 aliphatic rings. The van der Waals surface area contributed by atoms with Gasteiger partial charge in [-0.1, -0.05) is 0 Å². The van der Waals surface area contributed by atoms with Crippen molar-refractivity contribution in [1.82, 2.24) is 10.0 Å². The Morgan fingerprint density at radius 1 is 1.35 bits per heavy atom. The Balaban J connectivity index is 1.87. The van der Waals surface area contributed by atoms with Gasteiger partial charge in [0.25, 0.3) is 5.69 Å². The van der Waals surface area contributed by atoms with Crippen molar-refractivity contribution in [2.75, 3.05) is 13.1 Å². The van der Waals surface area contributed by atoms with E-state index in [4.69, 9.17) is 0 Å². The normalized spacial score (nSPS) is 28.1. The molecule has 0 aromatic heterocycles. The third kappa shape index (κ3) is 2.17. The zero-order valence-electron chi connectivity index (χ0n) is 10.2. The summed E-state index contributed by atoms with van der Waals surface area (Å²) in [4.78, 5) is 9.21. The van der Waals surface area contributed by atoms with Crippen molar-refractivity contribution >= 4 is 15.7 Å². The predicted octanol–water partition coefficient (Wildman–Crippen LogP) is 0.230. The molecule has 108 valence electrons. The summed E-state index contributed by atoms with van der Waals surface area (Å²) >= 11 is 0. The van der Waals surface area contributed by atoms with E-state index in [0.717, 1.165) is 31.3 Å². The highest BCUT2D eigenvalue weighted by Crippen LogP contribution is 2.42. The number of benzene rings is 1. The molecule has 2 N–H and O–H groups in total. The van der Waals surface area contributed by atoms with E-state index in [1.165, 1.54) is 0 Å². The Kier molecular flexibility index (Phi) is 3.00. The first-order valence-electron chi connectivity index (χ1n) is 6.07. The van der Waals surface area contributed by atoms with Gasteiger partial charge >= 0.3 is 0 Å². The highest BCUT2D eigenvalue weighted by atomic mass is 32.2. The molecule has 1 aliphatic heterocycles. The van der Waals surface area contributed by atoms with E-state index in [2.05, 4.69) is 10.0 Å². The number of nitro benzene ring substituents is 1. The van der Waals surface area contributed by atoms with Crippen molar-refractivity contribution in [1.29, 1.82) is 0 Å². The Labute approximate surface area is 114 Å². The fraction of sp³-hybridized carbons (Fsp3) is 0.455. The number of rotatable bonds is 4. The maximum Gasteiger partial charge on any atom is 0.270 e. The van der Waals surface area contributed by atoms with E-state index in [0.29, 0.717) is 0 Å². The Bertz CT molecular complexity index is 668. The highest BCUT2D eigenvalue weighted by molar-refractivity contribution is 7.89. The van der Waals surface area contributed by atoms with Crippen LogP contribution in [-0.2, 0) is 10.0 Å². The Morgan fingerprint density at radius 2 is 2.00 bits per heavy atom. The van der Waals surface area contributed by atoms with E-state index in [1.54, 1.807) is 0 Å². The van der Waals surface area contributed by atoms with Crippen molar-refractivity contribution in [3.8, 4) is 0 Å². The van der Waals surface area contributed by atoms with Gasteiger partial charge in [-0.05, 0) is 31.0 Å². The van der Waals surface area contributed by atoms with Crippen LogP contribution in [0.3, 0.4) is 0 Å². The number of hydrogen-bond donors (Lipinski definition) is 2. The molecule has 2 fully saturated rings. The topological polar surface area (TPSA) is 101 Å². The summed E-state index contributed by atoms with van der Waals surface area (Å²) in [7, 11) is -4.08. The Morgan fingerprint density at radius 3 is 2.60 bits per heavy atom. The van der Waals surface area contributed by atoms with Gasteiger partial charge in [0.05, 0.1) is 4.92 Å². The average Bonchev–Trinajstić information content (AvgIpc) is 2.83. The third-order valence-corrected chi connectivity index (χ3v) is 5.27. The molecule has 3 rings (SSSR count). The standard InChI is InChI=1S/C11H12FN3O4S/c12-9-2-1-6(15(16)17)3-10(9)20(18,19)14-11-7-4-13-5-8(7)11/h1-3,7-8,11,13-14H,4-5H2. The molecule has 0 radical (unpaired) electrons. The average molecular weight is 301 g/mol. The van der Waals surface area contributed by atoms with Crippen molar-refractivity contribution in [2.45, 2.75) is 10.9 Å². The van der Waals surface area contributed by atoms with E-state index in [-0.39, 0.29) is 17.9 Å². The lowest BCUT2D eigenvalue weighted by Gasteiger charge is -2.09. The first-order valence-corrected chi connectivity index (χ1v) is 7.55. The minimum atomic E-state index is -4.08. The lowest BCUT2D eigenvalue weighted by atomic mass is 10.3. The number of nitrogens with one attached hydrogen (secondary N) is 2. The van der Waals surface area contributed by atoms with Gasteiger partial charge < -0.3 is 5.32 Å². The number of nitro groups is 1. The first-order chi connectivity index (χ1) is 9.40. The van der Waals surface area contributed by atoms with Crippen LogP contribution < -0.4 is 10.0 Å². The molecule has 1 saturated heterocycles. The predicted molar refractivity (Wildman–Crippen MR) is 67.0 cm³/mol.